The Hall–Kier alpha value is -1.54. The minimum atomic E-state index is 0.886. The van der Waals surface area contributed by atoms with Crippen molar-refractivity contribution in [2.45, 2.75) is 6.92 Å². The van der Waals surface area contributed by atoms with E-state index in [2.05, 4.69) is 37.3 Å². The second-order valence-electron chi connectivity index (χ2n) is 3.89. The molecule has 0 aliphatic carbocycles. The highest BCUT2D eigenvalue weighted by Gasteiger charge is 2.01. The van der Waals surface area contributed by atoms with Crippen LogP contribution < -0.4 is 5.73 Å². The molecule has 1 nitrogen and oxygen atoms in total. The highest BCUT2D eigenvalue weighted by Crippen LogP contribution is 2.31. The summed E-state index contributed by atoms with van der Waals surface area (Å²) in [7, 11) is 0. The first kappa shape index (κ1) is 8.74. The number of nitrogen functional groups attached to an aromatic ring is 1. The van der Waals surface area contributed by atoms with Gasteiger partial charge in [0.2, 0.25) is 0 Å². The minimum absolute atomic E-state index is 0.886. The van der Waals surface area contributed by atoms with Gasteiger partial charge in [-0.05, 0) is 41.3 Å². The van der Waals surface area contributed by atoms with E-state index >= 15 is 0 Å². The summed E-state index contributed by atoms with van der Waals surface area (Å²) in [4.78, 5) is 0. The molecule has 0 aliphatic heterocycles. The van der Waals surface area contributed by atoms with E-state index in [0.717, 1.165) is 5.00 Å². The van der Waals surface area contributed by atoms with Gasteiger partial charge < -0.3 is 5.73 Å². The largest absolute Gasteiger partial charge is 0.391 e. The summed E-state index contributed by atoms with van der Waals surface area (Å²) >= 11 is 1.65. The predicted octanol–water partition coefficient (Wildman–Crippen LogP) is 3.95. The number of nitrogens with two attached hydrogens (primary N) is 1. The van der Waals surface area contributed by atoms with Crippen LogP contribution in [0.1, 0.15) is 5.56 Å². The Morgan fingerprint density at radius 1 is 0.933 bits per heavy atom. The Balaban J connectivity index is 2.46. The van der Waals surface area contributed by atoms with Crippen LogP contribution in [-0.4, -0.2) is 0 Å². The van der Waals surface area contributed by atoms with Crippen LogP contribution in [-0.2, 0) is 0 Å². The van der Waals surface area contributed by atoms with E-state index < -0.39 is 0 Å². The van der Waals surface area contributed by atoms with Crippen molar-refractivity contribution in [3.8, 4) is 0 Å². The molecule has 0 saturated heterocycles. The monoisotopic (exact) mass is 213 g/mol. The molecule has 0 aliphatic rings. The summed E-state index contributed by atoms with van der Waals surface area (Å²) < 4.78 is 1.27. The molecule has 1 heterocycles. The lowest BCUT2D eigenvalue weighted by molar-refractivity contribution is 1.51. The summed E-state index contributed by atoms with van der Waals surface area (Å²) in [5.41, 5.74) is 7.10. The van der Waals surface area contributed by atoms with Gasteiger partial charge in [-0.1, -0.05) is 23.8 Å². The van der Waals surface area contributed by atoms with Crippen molar-refractivity contribution in [2.75, 3.05) is 5.73 Å². The van der Waals surface area contributed by atoms with Gasteiger partial charge in [0.05, 0.1) is 5.00 Å². The maximum absolute atomic E-state index is 5.80. The fourth-order valence-electron chi connectivity index (χ4n) is 1.92. The topological polar surface area (TPSA) is 26.0 Å². The Labute approximate surface area is 92.1 Å². The van der Waals surface area contributed by atoms with E-state index in [1.165, 1.54) is 26.4 Å². The van der Waals surface area contributed by atoms with Gasteiger partial charge >= 0.3 is 0 Å². The van der Waals surface area contributed by atoms with Gasteiger partial charge in [-0.15, -0.1) is 11.3 Å². The van der Waals surface area contributed by atoms with Crippen molar-refractivity contribution < 1.29 is 0 Å². The minimum Gasteiger partial charge on any atom is -0.391 e. The van der Waals surface area contributed by atoms with Gasteiger partial charge in [-0.3, -0.25) is 0 Å². The Morgan fingerprint density at radius 2 is 1.80 bits per heavy atom. The van der Waals surface area contributed by atoms with Crippen molar-refractivity contribution in [2.24, 2.45) is 0 Å². The number of thiophene rings is 1. The van der Waals surface area contributed by atoms with Gasteiger partial charge in [0.1, 0.15) is 0 Å². The van der Waals surface area contributed by atoms with Crippen molar-refractivity contribution >= 4 is 37.2 Å². The number of rotatable bonds is 0. The summed E-state index contributed by atoms with van der Waals surface area (Å²) in [6.45, 7) is 2.12. The van der Waals surface area contributed by atoms with Gasteiger partial charge in [0.15, 0.2) is 0 Å². The Morgan fingerprint density at radius 3 is 2.67 bits per heavy atom. The lowest BCUT2D eigenvalue weighted by atomic mass is 10.1. The van der Waals surface area contributed by atoms with E-state index in [-0.39, 0.29) is 0 Å². The molecule has 0 unspecified atom stereocenters. The van der Waals surface area contributed by atoms with Crippen LogP contribution in [0.4, 0.5) is 5.00 Å². The van der Waals surface area contributed by atoms with E-state index in [4.69, 9.17) is 5.73 Å². The molecule has 2 N–H and O–H groups in total. The molecule has 0 saturated carbocycles. The number of aryl methyl sites for hydroxylation is 1. The maximum Gasteiger partial charge on any atom is 0.0868 e. The number of anilines is 1. The summed E-state index contributed by atoms with van der Waals surface area (Å²) in [6, 6.07) is 13.0. The van der Waals surface area contributed by atoms with Crippen molar-refractivity contribution in [1.82, 2.24) is 0 Å². The zero-order valence-corrected chi connectivity index (χ0v) is 9.27. The first-order valence-corrected chi connectivity index (χ1v) is 5.73. The van der Waals surface area contributed by atoms with Crippen LogP contribution in [0.3, 0.4) is 0 Å². The van der Waals surface area contributed by atoms with E-state index in [1.54, 1.807) is 11.3 Å². The molecule has 0 fully saturated rings. The third-order valence-corrected chi connectivity index (χ3v) is 3.58. The van der Waals surface area contributed by atoms with Gasteiger partial charge in [0.25, 0.3) is 0 Å². The van der Waals surface area contributed by atoms with Crippen LogP contribution >= 0.6 is 11.3 Å². The summed E-state index contributed by atoms with van der Waals surface area (Å²) in [6.07, 6.45) is 0. The van der Waals surface area contributed by atoms with E-state index in [0.29, 0.717) is 0 Å². The molecule has 15 heavy (non-hydrogen) atoms. The van der Waals surface area contributed by atoms with Gasteiger partial charge in [-0.2, -0.15) is 0 Å². The molecule has 2 heteroatoms. The van der Waals surface area contributed by atoms with Crippen LogP contribution in [0.25, 0.3) is 20.9 Å². The number of hydrogen-bond acceptors (Lipinski definition) is 2. The molecule has 0 amide bonds. The lowest BCUT2D eigenvalue weighted by Crippen LogP contribution is -1.75. The molecule has 0 radical (unpaired) electrons. The summed E-state index contributed by atoms with van der Waals surface area (Å²) in [5, 5.41) is 4.71. The van der Waals surface area contributed by atoms with Crippen molar-refractivity contribution in [3.05, 3.63) is 42.0 Å². The smallest absolute Gasteiger partial charge is 0.0868 e. The van der Waals surface area contributed by atoms with Crippen LogP contribution in [0.5, 0.6) is 0 Å². The maximum atomic E-state index is 5.80. The fourth-order valence-corrected chi connectivity index (χ4v) is 2.79. The van der Waals surface area contributed by atoms with Gasteiger partial charge in [-0.25, -0.2) is 0 Å². The molecule has 2 aromatic carbocycles. The average molecular weight is 213 g/mol. The zero-order chi connectivity index (χ0) is 10.4. The lowest BCUT2D eigenvalue weighted by Gasteiger charge is -1.99. The van der Waals surface area contributed by atoms with E-state index in [1.807, 2.05) is 6.07 Å². The quantitative estimate of drug-likeness (QED) is 0.601. The predicted molar refractivity (Wildman–Crippen MR) is 68.5 cm³/mol. The van der Waals surface area contributed by atoms with Crippen LogP contribution in [0.2, 0.25) is 0 Å². The summed E-state index contributed by atoms with van der Waals surface area (Å²) in [5.74, 6) is 0. The molecule has 1 aromatic heterocycles. The second-order valence-corrected chi connectivity index (χ2v) is 5.00. The molecule has 3 aromatic rings. The Kier molecular flexibility index (Phi) is 1.73. The SMILES string of the molecule is Cc1ccc2cc3cc(N)sc3cc2c1. The number of hydrogen-bond donors (Lipinski definition) is 1. The molecular weight excluding hydrogens is 202 g/mol. The first-order valence-electron chi connectivity index (χ1n) is 4.92. The fraction of sp³-hybridized carbons (Fsp3) is 0.0769. The average Bonchev–Trinajstić information content (AvgIpc) is 2.53. The highest BCUT2D eigenvalue weighted by atomic mass is 32.1. The van der Waals surface area contributed by atoms with Crippen LogP contribution in [0, 0.1) is 6.92 Å². The zero-order valence-electron chi connectivity index (χ0n) is 8.45. The van der Waals surface area contributed by atoms with Gasteiger partial charge in [0, 0.05) is 4.70 Å². The highest BCUT2D eigenvalue weighted by molar-refractivity contribution is 7.22. The third-order valence-electron chi connectivity index (χ3n) is 2.65. The normalized spacial score (nSPS) is 11.3. The standard InChI is InChI=1S/C13H11NS/c1-8-2-3-9-5-11-7-13(14)15-12(11)6-10(9)4-8/h2-7H,14H2,1H3. The third kappa shape index (κ3) is 1.38. The molecule has 74 valence electrons. The molecule has 0 bridgehead atoms. The molecular formula is C13H11NS. The van der Waals surface area contributed by atoms with Crippen molar-refractivity contribution in [3.63, 3.8) is 0 Å². The second kappa shape index (κ2) is 2.97. The van der Waals surface area contributed by atoms with Crippen LogP contribution in [0.15, 0.2) is 36.4 Å². The van der Waals surface area contributed by atoms with Crippen molar-refractivity contribution in [1.29, 1.82) is 0 Å². The Bertz CT molecular complexity index is 652. The first-order chi connectivity index (χ1) is 7.22. The molecule has 0 atom stereocenters. The number of benzene rings is 2. The van der Waals surface area contributed by atoms with E-state index in [9.17, 15) is 0 Å². The number of fused-ring (bicyclic) bond motifs is 2. The molecule has 3 rings (SSSR count). The molecule has 0 spiro atoms.